The third-order valence-electron chi connectivity index (χ3n) is 3.35. The van der Waals surface area contributed by atoms with Crippen LogP contribution in [0.2, 0.25) is 0 Å². The number of esters is 1. The number of ether oxygens (including phenoxy) is 1. The van der Waals surface area contributed by atoms with Gasteiger partial charge in [0.1, 0.15) is 0 Å². The van der Waals surface area contributed by atoms with Gasteiger partial charge in [-0.1, -0.05) is 12.2 Å². The minimum atomic E-state index is -3.23. The van der Waals surface area contributed by atoms with Gasteiger partial charge < -0.3 is 4.74 Å². The van der Waals surface area contributed by atoms with Gasteiger partial charge >= 0.3 is 5.97 Å². The van der Waals surface area contributed by atoms with E-state index in [4.69, 9.17) is 4.74 Å². The molecule has 0 aromatic heterocycles. The monoisotopic (exact) mass is 294 g/mol. The lowest BCUT2D eigenvalue weighted by Crippen LogP contribution is -2.15. The Bertz CT molecular complexity index is 599. The fourth-order valence-electron chi connectivity index (χ4n) is 2.12. The van der Waals surface area contributed by atoms with E-state index in [2.05, 4.69) is 12.2 Å². The summed E-state index contributed by atoms with van der Waals surface area (Å²) in [6.45, 7) is 0.414. The van der Waals surface area contributed by atoms with Crippen LogP contribution in [0, 0.1) is 5.92 Å². The van der Waals surface area contributed by atoms with Crippen LogP contribution in [-0.2, 0) is 14.6 Å². The summed E-state index contributed by atoms with van der Waals surface area (Å²) in [6.07, 6.45) is 8.41. The van der Waals surface area contributed by atoms with E-state index in [0.29, 0.717) is 18.1 Å². The molecule has 0 saturated heterocycles. The SMILES string of the molecule is CS(=O)(=O)c1ccc(C(=O)OCC2CC=CCC2)cc1. The zero-order valence-corrected chi connectivity index (χ0v) is 12.2. The molecule has 0 amide bonds. The molecule has 108 valence electrons. The van der Waals surface area contributed by atoms with Crippen molar-refractivity contribution >= 4 is 15.8 Å². The van der Waals surface area contributed by atoms with E-state index in [1.807, 2.05) is 0 Å². The van der Waals surface area contributed by atoms with Gasteiger partial charge in [-0.25, -0.2) is 13.2 Å². The maximum Gasteiger partial charge on any atom is 0.338 e. The van der Waals surface area contributed by atoms with Crippen LogP contribution in [-0.4, -0.2) is 27.2 Å². The number of carbonyl (C=O) groups excluding carboxylic acids is 1. The molecule has 0 saturated carbocycles. The molecule has 0 radical (unpaired) electrons. The van der Waals surface area contributed by atoms with Crippen LogP contribution in [0.3, 0.4) is 0 Å². The molecule has 1 aromatic carbocycles. The van der Waals surface area contributed by atoms with Crippen LogP contribution in [0.15, 0.2) is 41.3 Å². The summed E-state index contributed by atoms with van der Waals surface area (Å²) in [7, 11) is -3.23. The lowest BCUT2D eigenvalue weighted by atomic mass is 9.95. The molecule has 1 aliphatic rings. The number of carbonyl (C=O) groups is 1. The summed E-state index contributed by atoms with van der Waals surface area (Å²) in [6, 6.07) is 5.82. The molecule has 4 nitrogen and oxygen atoms in total. The Hall–Kier alpha value is -1.62. The second kappa shape index (κ2) is 6.22. The van der Waals surface area contributed by atoms with Crippen molar-refractivity contribution in [3.8, 4) is 0 Å². The maximum atomic E-state index is 11.9. The highest BCUT2D eigenvalue weighted by atomic mass is 32.2. The van der Waals surface area contributed by atoms with Crippen molar-refractivity contribution in [3.63, 3.8) is 0 Å². The lowest BCUT2D eigenvalue weighted by Gasteiger charge is -2.17. The van der Waals surface area contributed by atoms with Crippen molar-refractivity contribution in [1.82, 2.24) is 0 Å². The Kier molecular flexibility index (Phi) is 4.60. The molecular weight excluding hydrogens is 276 g/mol. The van der Waals surface area contributed by atoms with Gasteiger partial charge in [-0.2, -0.15) is 0 Å². The molecule has 2 rings (SSSR count). The Morgan fingerprint density at radius 3 is 2.50 bits per heavy atom. The zero-order chi connectivity index (χ0) is 14.6. The van der Waals surface area contributed by atoms with Gasteiger partial charge in [0, 0.05) is 6.26 Å². The van der Waals surface area contributed by atoms with Crippen molar-refractivity contribution < 1.29 is 17.9 Å². The molecule has 1 aromatic rings. The molecule has 0 bridgehead atoms. The molecule has 0 aliphatic heterocycles. The summed E-state index contributed by atoms with van der Waals surface area (Å²) >= 11 is 0. The summed E-state index contributed by atoms with van der Waals surface area (Å²) in [5, 5.41) is 0. The molecular formula is C15H18O4S. The Morgan fingerprint density at radius 2 is 1.95 bits per heavy atom. The van der Waals surface area contributed by atoms with Crippen LogP contribution in [0.5, 0.6) is 0 Å². The number of hydrogen-bond acceptors (Lipinski definition) is 4. The van der Waals surface area contributed by atoms with E-state index < -0.39 is 15.8 Å². The van der Waals surface area contributed by atoms with E-state index in [1.165, 1.54) is 24.3 Å². The Balaban J connectivity index is 1.94. The molecule has 1 atom stereocenters. The Morgan fingerprint density at radius 1 is 1.25 bits per heavy atom. The topological polar surface area (TPSA) is 60.4 Å². The minimum Gasteiger partial charge on any atom is -0.462 e. The number of allylic oxidation sites excluding steroid dienone is 2. The average molecular weight is 294 g/mol. The third kappa shape index (κ3) is 3.93. The van der Waals surface area contributed by atoms with Crippen LogP contribution < -0.4 is 0 Å². The first-order valence-corrected chi connectivity index (χ1v) is 8.48. The molecule has 0 N–H and O–H groups in total. The predicted octanol–water partition coefficient (Wildman–Crippen LogP) is 2.60. The van der Waals surface area contributed by atoms with Crippen LogP contribution in [0.25, 0.3) is 0 Å². The van der Waals surface area contributed by atoms with Gasteiger partial charge in [-0.3, -0.25) is 0 Å². The van der Waals surface area contributed by atoms with Crippen LogP contribution >= 0.6 is 0 Å². The van der Waals surface area contributed by atoms with Gasteiger partial charge in [0.05, 0.1) is 17.1 Å². The highest BCUT2D eigenvalue weighted by molar-refractivity contribution is 7.90. The minimum absolute atomic E-state index is 0.200. The molecule has 0 fully saturated rings. The maximum absolute atomic E-state index is 11.9. The van der Waals surface area contributed by atoms with Crippen molar-refractivity contribution in [3.05, 3.63) is 42.0 Å². The van der Waals surface area contributed by atoms with E-state index in [1.54, 1.807) is 0 Å². The second-order valence-electron chi connectivity index (χ2n) is 5.05. The van der Waals surface area contributed by atoms with Crippen molar-refractivity contribution in [2.24, 2.45) is 5.92 Å². The number of hydrogen-bond donors (Lipinski definition) is 0. The van der Waals surface area contributed by atoms with Crippen LogP contribution in [0.1, 0.15) is 29.6 Å². The largest absolute Gasteiger partial charge is 0.462 e. The van der Waals surface area contributed by atoms with Gasteiger partial charge in [0.15, 0.2) is 9.84 Å². The Labute approximate surface area is 119 Å². The number of benzene rings is 1. The van der Waals surface area contributed by atoms with Crippen LogP contribution in [0.4, 0.5) is 0 Å². The quantitative estimate of drug-likeness (QED) is 0.632. The summed E-state index contributed by atoms with van der Waals surface area (Å²) in [5.41, 5.74) is 0.378. The molecule has 1 aliphatic carbocycles. The fourth-order valence-corrected chi connectivity index (χ4v) is 2.75. The average Bonchev–Trinajstić information content (AvgIpc) is 2.45. The molecule has 20 heavy (non-hydrogen) atoms. The normalized spacial score (nSPS) is 18.8. The first-order valence-electron chi connectivity index (χ1n) is 6.59. The summed E-state index contributed by atoms with van der Waals surface area (Å²) < 4.78 is 27.9. The highest BCUT2D eigenvalue weighted by Gasteiger charge is 2.15. The molecule has 5 heteroatoms. The summed E-state index contributed by atoms with van der Waals surface area (Å²) in [4.78, 5) is 12.1. The van der Waals surface area contributed by atoms with Crippen molar-refractivity contribution in [2.45, 2.75) is 24.2 Å². The van der Waals surface area contributed by atoms with Gasteiger partial charge in [-0.15, -0.1) is 0 Å². The molecule has 1 unspecified atom stereocenters. The number of sulfone groups is 1. The van der Waals surface area contributed by atoms with Gasteiger partial charge in [0.25, 0.3) is 0 Å². The van der Waals surface area contributed by atoms with Gasteiger partial charge in [-0.05, 0) is 49.4 Å². The van der Waals surface area contributed by atoms with E-state index >= 15 is 0 Å². The highest BCUT2D eigenvalue weighted by Crippen LogP contribution is 2.19. The van der Waals surface area contributed by atoms with Crippen molar-refractivity contribution in [1.29, 1.82) is 0 Å². The fraction of sp³-hybridized carbons (Fsp3) is 0.400. The first-order chi connectivity index (χ1) is 9.47. The van der Waals surface area contributed by atoms with E-state index in [-0.39, 0.29) is 4.90 Å². The zero-order valence-electron chi connectivity index (χ0n) is 11.4. The first kappa shape index (κ1) is 14.8. The lowest BCUT2D eigenvalue weighted by molar-refractivity contribution is 0.0432. The predicted molar refractivity (Wildman–Crippen MR) is 76.3 cm³/mol. The van der Waals surface area contributed by atoms with E-state index in [0.717, 1.165) is 25.5 Å². The van der Waals surface area contributed by atoms with Crippen molar-refractivity contribution in [2.75, 3.05) is 12.9 Å². The van der Waals surface area contributed by atoms with Gasteiger partial charge in [0.2, 0.25) is 0 Å². The second-order valence-corrected chi connectivity index (χ2v) is 7.06. The smallest absolute Gasteiger partial charge is 0.338 e. The summed E-state index contributed by atoms with van der Waals surface area (Å²) in [5.74, 6) is -0.0150. The number of rotatable bonds is 4. The standard InChI is InChI=1S/C15H18O4S/c1-20(17,18)14-9-7-13(8-10-14)15(16)19-11-12-5-3-2-4-6-12/h2-3,7-10,12H,4-6,11H2,1H3. The molecule has 0 spiro atoms. The third-order valence-corrected chi connectivity index (χ3v) is 4.47. The van der Waals surface area contributed by atoms with E-state index in [9.17, 15) is 13.2 Å². The molecule has 0 heterocycles.